The Bertz CT molecular complexity index is 1850. The van der Waals surface area contributed by atoms with Crippen LogP contribution >= 0.6 is 0 Å². The van der Waals surface area contributed by atoms with Gasteiger partial charge in [-0.2, -0.15) is 0 Å². The second kappa shape index (κ2) is 24.8. The van der Waals surface area contributed by atoms with Crippen molar-refractivity contribution in [3.05, 3.63) is 83.4 Å². The molecule has 0 atom stereocenters. The first-order valence-corrected chi connectivity index (χ1v) is 31.7. The van der Waals surface area contributed by atoms with Crippen LogP contribution in [0.15, 0.2) is 81.4 Å². The average Bonchev–Trinajstić information content (AvgIpc) is 3.16. The number of nitrogens with two attached hydrogens (primary N) is 1. The molecule has 0 saturated carbocycles. The Morgan fingerprint density at radius 3 is 1.18 bits per heavy atom. The Morgan fingerprint density at radius 2 is 0.804 bits per heavy atom. The molecule has 7 nitrogen and oxygen atoms in total. The Balaban J connectivity index is 1.95. The van der Waals surface area contributed by atoms with E-state index in [1.54, 1.807) is 50.2 Å². The van der Waals surface area contributed by atoms with E-state index in [1.165, 1.54) is 107 Å². The normalized spacial score (nSPS) is 12.4. The fourth-order valence-corrected chi connectivity index (χ4v) is 38.0. The molecule has 0 aliphatic heterocycles. The Morgan fingerprint density at radius 1 is 0.464 bits per heavy atom. The van der Waals surface area contributed by atoms with Gasteiger partial charge in [-0.3, -0.25) is 0 Å². The van der Waals surface area contributed by atoms with E-state index in [0.717, 1.165) is 51.4 Å². The summed E-state index contributed by atoms with van der Waals surface area (Å²) in [5.74, 6) is -0.347. The van der Waals surface area contributed by atoms with Crippen LogP contribution in [-0.2, 0) is 49.1 Å². The summed E-state index contributed by atoms with van der Waals surface area (Å²) in [6.07, 6.45) is 23.4. The van der Waals surface area contributed by atoms with Gasteiger partial charge in [-0.1, -0.05) is 39.5 Å². The molecule has 0 aliphatic carbocycles. The van der Waals surface area contributed by atoms with E-state index < -0.39 is 36.2 Å². The predicted molar refractivity (Wildman–Crippen MR) is 230 cm³/mol. The molecule has 56 heavy (non-hydrogen) atoms. The third-order valence-electron chi connectivity index (χ3n) is 10.7. The molecule has 0 unspecified atom stereocenters. The number of anilines is 1. The minimum absolute atomic E-state index is 0.174. The van der Waals surface area contributed by atoms with Crippen molar-refractivity contribution < 1.29 is 39.2 Å². The number of nitrogen functional groups attached to an aromatic ring is 1. The van der Waals surface area contributed by atoms with E-state index in [2.05, 4.69) is 13.8 Å². The van der Waals surface area contributed by atoms with Gasteiger partial charge >= 0.3 is 306 Å². The summed E-state index contributed by atoms with van der Waals surface area (Å²) in [6.45, 7) is 8.01. The monoisotopic (exact) mass is 864 g/mol. The molecular formula is C45H70NO6S3Ti. The van der Waals surface area contributed by atoms with Crippen LogP contribution in [0.5, 0.6) is 0 Å². The molecule has 0 spiro atoms. The maximum atomic E-state index is 15.1. The molecule has 3 rings (SSSR count). The molecule has 0 saturated heterocycles. The van der Waals surface area contributed by atoms with Crippen LogP contribution in [0.3, 0.4) is 0 Å². The maximum absolute atomic E-state index is 15.1. The summed E-state index contributed by atoms with van der Waals surface area (Å²) in [5.41, 5.74) is 7.67. The van der Waals surface area contributed by atoms with Gasteiger partial charge in [0.25, 0.3) is 0 Å². The van der Waals surface area contributed by atoms with Crippen LogP contribution in [0, 0.1) is 0 Å². The second-order valence-electron chi connectivity index (χ2n) is 15.8. The number of hydrogen-bond acceptors (Lipinski definition) is 7. The molecule has 11 heteroatoms. The zero-order chi connectivity index (χ0) is 41.0. The molecule has 313 valence electrons. The summed E-state index contributed by atoms with van der Waals surface area (Å²) in [7, 11) is -14.6. The fourth-order valence-electron chi connectivity index (χ4n) is 7.52. The Hall–Kier alpha value is -1.98. The third-order valence-corrected chi connectivity index (χ3v) is 40.5. The summed E-state index contributed by atoms with van der Waals surface area (Å²) >= 11 is -5.38. The van der Waals surface area contributed by atoms with Crippen LogP contribution in [0.25, 0.3) is 0 Å². The molecule has 0 aromatic heterocycles. The van der Waals surface area contributed by atoms with Crippen molar-refractivity contribution in [3.8, 4) is 0 Å². The Labute approximate surface area is 343 Å². The summed E-state index contributed by atoms with van der Waals surface area (Å²) in [5, 5.41) is 0. The molecule has 2 N–H and O–H groups in total. The number of rotatable bonds is 29. The van der Waals surface area contributed by atoms with E-state index in [-0.39, 0.29) is 20.6 Å². The molecule has 0 bridgehead atoms. The van der Waals surface area contributed by atoms with E-state index in [0.29, 0.717) is 35.2 Å². The number of hydrogen-bond donors (Lipinski definition) is 1. The number of aryl methyl sites for hydroxylation is 2. The van der Waals surface area contributed by atoms with Crippen LogP contribution in [0.2, 0.25) is 0 Å². The van der Waals surface area contributed by atoms with Gasteiger partial charge in [0, 0.05) is 0 Å². The summed E-state index contributed by atoms with van der Waals surface area (Å²) in [6, 6.07) is 17.0. The molecule has 0 aliphatic rings. The van der Waals surface area contributed by atoms with Crippen molar-refractivity contribution in [2.45, 2.75) is 190 Å². The summed E-state index contributed by atoms with van der Waals surface area (Å²) < 4.78 is 90.3. The minimum atomic E-state index is -5.38. The van der Waals surface area contributed by atoms with E-state index in [9.17, 15) is 8.42 Å². The quantitative estimate of drug-likeness (QED) is 0.0418. The van der Waals surface area contributed by atoms with Gasteiger partial charge in [0.2, 0.25) is 0 Å². The van der Waals surface area contributed by atoms with E-state index >= 15 is 16.8 Å². The molecule has 0 heterocycles. The third kappa shape index (κ3) is 14.4. The number of benzene rings is 3. The van der Waals surface area contributed by atoms with Crippen molar-refractivity contribution in [1.82, 2.24) is 0 Å². The summed E-state index contributed by atoms with van der Waals surface area (Å²) in [4.78, 5) is -0.609. The van der Waals surface area contributed by atoms with Gasteiger partial charge in [-0.15, -0.1) is 0 Å². The van der Waals surface area contributed by atoms with Crippen molar-refractivity contribution >= 4 is 28.0 Å². The molecular weight excluding hydrogens is 795 g/mol. The van der Waals surface area contributed by atoms with E-state index in [1.807, 2.05) is 0 Å². The van der Waals surface area contributed by atoms with Gasteiger partial charge in [0.1, 0.15) is 0 Å². The van der Waals surface area contributed by atoms with Crippen LogP contribution in [-0.4, -0.2) is 25.3 Å². The predicted octanol–water partition coefficient (Wildman–Crippen LogP) is 12.4. The van der Waals surface area contributed by atoms with Crippen molar-refractivity contribution in [3.63, 3.8) is 0 Å². The molecule has 3 aromatic rings. The van der Waals surface area contributed by atoms with Crippen molar-refractivity contribution in [1.29, 1.82) is 0 Å². The van der Waals surface area contributed by atoms with Gasteiger partial charge in [-0.25, -0.2) is 0 Å². The van der Waals surface area contributed by atoms with Crippen molar-refractivity contribution in [2.75, 3.05) is 5.73 Å². The van der Waals surface area contributed by atoms with Gasteiger partial charge < -0.3 is 0 Å². The molecule has 3 aromatic carbocycles. The molecule has 0 radical (unpaired) electrons. The van der Waals surface area contributed by atoms with Gasteiger partial charge in [0.05, 0.1) is 0 Å². The first kappa shape index (κ1) is 48.4. The van der Waals surface area contributed by atoms with E-state index in [4.69, 9.17) is 5.73 Å². The van der Waals surface area contributed by atoms with Crippen LogP contribution in [0.1, 0.15) is 179 Å². The SMILES string of the molecule is CCCCCCCCCCCCc1ccccc1[S](=O)(=O)[Ti]([S](=O)(=O)c1ccccc1CCCCCCCCCCCC)[S](=O)(=O)c1ccc(N)cc1C(C)C. The van der Waals surface area contributed by atoms with Crippen LogP contribution < -0.4 is 5.73 Å². The second-order valence-corrected chi connectivity index (χ2v) is 36.7. The van der Waals surface area contributed by atoms with Gasteiger partial charge in [-0.05, 0) is 0 Å². The van der Waals surface area contributed by atoms with Gasteiger partial charge in [0.15, 0.2) is 0 Å². The standard InChI is InChI=1S/2C18H29O2S.C9H12NO2S.Ti/c2*1-2-3-4-5-6-7-8-9-10-11-14-17-15-12-13-16-18(17)21(19)20;1-6(2)8-5-7(10)3-4-9(8)13(11)12;/h2*12-13,15-16H,2-11,14H2,1H3;3-6H,10H2,1-2H3;. The first-order valence-electron chi connectivity index (χ1n) is 21.5. The molecule has 0 fully saturated rings. The first-order chi connectivity index (χ1) is 26.8. The fraction of sp³-hybridized carbons (Fsp3) is 0.600. The van der Waals surface area contributed by atoms with Crippen LogP contribution in [0.4, 0.5) is 5.69 Å². The average molecular weight is 865 g/mol. The Kier molecular flexibility index (Phi) is 21.5. The van der Waals surface area contributed by atoms with Crippen molar-refractivity contribution in [2.24, 2.45) is 0 Å². The zero-order valence-corrected chi connectivity index (χ0v) is 38.7. The topological polar surface area (TPSA) is 128 Å². The number of unbranched alkanes of at least 4 members (excludes halogenated alkanes) is 18. The molecule has 0 amide bonds. The zero-order valence-electron chi connectivity index (χ0n) is 34.7.